The Morgan fingerprint density at radius 2 is 1.36 bits per heavy atom. The Morgan fingerprint density at radius 3 is 2.03 bits per heavy atom. The van der Waals surface area contributed by atoms with Gasteiger partial charge in [-0.05, 0) is 56.7 Å². The second-order valence-electron chi connectivity index (χ2n) is 10.2. The number of hydrogen-bond acceptors (Lipinski definition) is 4. The van der Waals surface area contributed by atoms with Crippen LogP contribution in [-0.2, 0) is 20.9 Å². The molecular formula is C32H50O4. The van der Waals surface area contributed by atoms with Crippen molar-refractivity contribution in [1.82, 2.24) is 0 Å². The maximum absolute atomic E-state index is 12.7. The van der Waals surface area contributed by atoms with Crippen molar-refractivity contribution in [2.45, 2.75) is 128 Å². The highest BCUT2D eigenvalue weighted by molar-refractivity contribution is 5.70. The fraction of sp³-hybridized carbons (Fsp3) is 0.656. The molecule has 2 rings (SSSR count). The van der Waals surface area contributed by atoms with E-state index in [9.17, 15) is 4.79 Å². The molecule has 0 unspecified atom stereocenters. The van der Waals surface area contributed by atoms with Crippen molar-refractivity contribution in [1.29, 1.82) is 0 Å². The van der Waals surface area contributed by atoms with Crippen LogP contribution in [0, 0.1) is 0 Å². The average Bonchev–Trinajstić information content (AvgIpc) is 2.88. The van der Waals surface area contributed by atoms with Crippen molar-refractivity contribution in [3.63, 3.8) is 0 Å². The molecule has 1 aromatic rings. The van der Waals surface area contributed by atoms with Crippen LogP contribution in [0.15, 0.2) is 48.6 Å². The first-order valence-electron chi connectivity index (χ1n) is 14.4. The number of rotatable bonds is 4. The monoisotopic (exact) mass is 498 g/mol. The highest BCUT2D eigenvalue weighted by Gasteiger charge is 2.17. The maximum atomic E-state index is 12.7. The van der Waals surface area contributed by atoms with Gasteiger partial charge in [0.05, 0.1) is 26.2 Å². The van der Waals surface area contributed by atoms with E-state index in [1.807, 2.05) is 31.2 Å². The lowest BCUT2D eigenvalue weighted by Gasteiger charge is -2.19. The molecule has 0 fully saturated rings. The third-order valence-corrected chi connectivity index (χ3v) is 6.82. The largest absolute Gasteiger partial charge is 0.497 e. The number of allylic oxidation sites excluding steroid dienone is 3. The molecular weight excluding hydrogens is 448 g/mol. The smallest absolute Gasteiger partial charge is 0.308 e. The number of esters is 1. The van der Waals surface area contributed by atoms with E-state index in [2.05, 4.69) is 24.3 Å². The van der Waals surface area contributed by atoms with Gasteiger partial charge in [-0.3, -0.25) is 4.79 Å². The Morgan fingerprint density at radius 1 is 0.778 bits per heavy atom. The Labute approximate surface area is 220 Å². The third-order valence-electron chi connectivity index (χ3n) is 6.82. The van der Waals surface area contributed by atoms with Crippen LogP contribution in [0.1, 0.15) is 115 Å². The van der Waals surface area contributed by atoms with Crippen molar-refractivity contribution < 1.29 is 19.0 Å². The number of benzene rings is 1. The first kappa shape index (κ1) is 30.2. The SMILES string of the molecule is COc1ccc(CO[C@@H]2CCCCCCCCCCCC/C=C/CC/C=C/C[C@@H](C)OC(=O)C2)cc1. The molecule has 1 aromatic carbocycles. The molecule has 0 aliphatic carbocycles. The summed E-state index contributed by atoms with van der Waals surface area (Å²) < 4.78 is 17.1. The van der Waals surface area contributed by atoms with Crippen LogP contribution in [0.25, 0.3) is 0 Å². The van der Waals surface area contributed by atoms with Gasteiger partial charge >= 0.3 is 5.97 Å². The first-order valence-corrected chi connectivity index (χ1v) is 14.4. The highest BCUT2D eigenvalue weighted by Crippen LogP contribution is 2.18. The molecule has 0 saturated heterocycles. The summed E-state index contributed by atoms with van der Waals surface area (Å²) >= 11 is 0. The van der Waals surface area contributed by atoms with E-state index >= 15 is 0 Å². The van der Waals surface area contributed by atoms with Gasteiger partial charge in [-0.2, -0.15) is 0 Å². The van der Waals surface area contributed by atoms with Crippen molar-refractivity contribution in [2.75, 3.05) is 7.11 Å². The van der Waals surface area contributed by atoms with Gasteiger partial charge in [0.15, 0.2) is 0 Å². The Hall–Kier alpha value is -2.07. The zero-order valence-electron chi connectivity index (χ0n) is 22.9. The minimum absolute atomic E-state index is 0.111. The quantitative estimate of drug-likeness (QED) is 0.307. The topological polar surface area (TPSA) is 44.8 Å². The molecule has 202 valence electrons. The first-order chi connectivity index (χ1) is 17.7. The van der Waals surface area contributed by atoms with Crippen LogP contribution in [0.4, 0.5) is 0 Å². The fourth-order valence-electron chi connectivity index (χ4n) is 4.57. The van der Waals surface area contributed by atoms with E-state index < -0.39 is 0 Å². The minimum Gasteiger partial charge on any atom is -0.497 e. The zero-order chi connectivity index (χ0) is 25.7. The normalized spacial score (nSPS) is 24.7. The van der Waals surface area contributed by atoms with Gasteiger partial charge < -0.3 is 14.2 Å². The molecule has 0 aromatic heterocycles. The van der Waals surface area contributed by atoms with Crippen LogP contribution in [0.3, 0.4) is 0 Å². The summed E-state index contributed by atoms with van der Waals surface area (Å²) in [5.41, 5.74) is 1.09. The summed E-state index contributed by atoms with van der Waals surface area (Å²) in [4.78, 5) is 12.7. The van der Waals surface area contributed by atoms with Gasteiger partial charge in [-0.25, -0.2) is 0 Å². The second-order valence-corrected chi connectivity index (χ2v) is 10.2. The van der Waals surface area contributed by atoms with Gasteiger partial charge in [0.2, 0.25) is 0 Å². The highest BCUT2D eigenvalue weighted by atomic mass is 16.5. The number of carbonyl (C=O) groups excluding carboxylic acids is 1. The molecule has 0 saturated carbocycles. The summed E-state index contributed by atoms with van der Waals surface area (Å²) in [5, 5.41) is 0. The van der Waals surface area contributed by atoms with Gasteiger partial charge in [0.1, 0.15) is 11.9 Å². The minimum atomic E-state index is -0.159. The zero-order valence-corrected chi connectivity index (χ0v) is 22.9. The van der Waals surface area contributed by atoms with E-state index in [0.717, 1.165) is 43.4 Å². The van der Waals surface area contributed by atoms with E-state index in [1.54, 1.807) is 7.11 Å². The standard InChI is InChI=1S/C32H50O4/c1-28-20-18-16-14-12-10-8-6-4-3-5-7-9-11-13-15-17-19-21-31(26-32(33)36-28)35-27-29-22-24-30(34-2)25-23-29/h8,10,16,18,22-25,28,31H,3-7,9,11-15,17,19-21,26-27H2,1-2H3/b10-8+,18-16+/t28-,31-/m1/s1. The fourth-order valence-corrected chi connectivity index (χ4v) is 4.57. The Balaban J connectivity index is 1.85. The lowest BCUT2D eigenvalue weighted by Crippen LogP contribution is -2.22. The second kappa shape index (κ2) is 20.0. The molecule has 0 radical (unpaired) electrons. The number of cyclic esters (lactones) is 1. The van der Waals surface area contributed by atoms with Crippen molar-refractivity contribution in [3.8, 4) is 5.75 Å². The van der Waals surface area contributed by atoms with Crippen LogP contribution in [-0.4, -0.2) is 25.3 Å². The lowest BCUT2D eigenvalue weighted by molar-refractivity contribution is -0.151. The van der Waals surface area contributed by atoms with Gasteiger partial charge in [-0.1, -0.05) is 94.2 Å². The molecule has 1 heterocycles. The van der Waals surface area contributed by atoms with Gasteiger partial charge in [0, 0.05) is 6.42 Å². The van der Waals surface area contributed by atoms with E-state index in [4.69, 9.17) is 14.2 Å². The molecule has 1 aliphatic rings. The molecule has 0 spiro atoms. The molecule has 0 N–H and O–H groups in total. The van der Waals surface area contributed by atoms with E-state index in [0.29, 0.717) is 13.0 Å². The molecule has 2 atom stereocenters. The summed E-state index contributed by atoms with van der Waals surface area (Å²) in [6, 6.07) is 7.92. The Bertz CT molecular complexity index is 737. The van der Waals surface area contributed by atoms with Gasteiger partial charge in [-0.15, -0.1) is 0 Å². The van der Waals surface area contributed by atoms with Crippen molar-refractivity contribution >= 4 is 5.97 Å². The molecule has 0 amide bonds. The Kier molecular flexibility index (Phi) is 16.8. The van der Waals surface area contributed by atoms with Crippen LogP contribution in [0.2, 0.25) is 0 Å². The molecule has 1 aliphatic heterocycles. The molecule has 36 heavy (non-hydrogen) atoms. The summed E-state index contributed by atoms with van der Waals surface area (Å²) in [6.07, 6.45) is 27.1. The van der Waals surface area contributed by atoms with Crippen LogP contribution >= 0.6 is 0 Å². The molecule has 4 nitrogen and oxygen atoms in total. The van der Waals surface area contributed by atoms with Gasteiger partial charge in [0.25, 0.3) is 0 Å². The predicted molar refractivity (Wildman–Crippen MR) is 149 cm³/mol. The van der Waals surface area contributed by atoms with Crippen molar-refractivity contribution in [2.24, 2.45) is 0 Å². The predicted octanol–water partition coefficient (Wildman–Crippen LogP) is 8.88. The van der Waals surface area contributed by atoms with Crippen LogP contribution in [0.5, 0.6) is 5.75 Å². The summed E-state index contributed by atoms with van der Waals surface area (Å²) in [5.74, 6) is 0.676. The van der Waals surface area contributed by atoms with Crippen molar-refractivity contribution in [3.05, 3.63) is 54.1 Å². The maximum Gasteiger partial charge on any atom is 0.308 e. The third kappa shape index (κ3) is 15.1. The number of hydrogen-bond donors (Lipinski definition) is 0. The number of methoxy groups -OCH3 is 1. The van der Waals surface area contributed by atoms with Crippen LogP contribution < -0.4 is 4.74 Å². The number of ether oxygens (including phenoxy) is 3. The summed E-state index contributed by atoms with van der Waals surface area (Å²) in [7, 11) is 1.67. The van der Waals surface area contributed by atoms with E-state index in [1.165, 1.54) is 64.2 Å². The molecule has 0 bridgehead atoms. The lowest BCUT2D eigenvalue weighted by atomic mass is 10.0. The number of carbonyl (C=O) groups is 1. The summed E-state index contributed by atoms with van der Waals surface area (Å²) in [6.45, 7) is 2.47. The molecule has 4 heteroatoms. The van der Waals surface area contributed by atoms with E-state index in [-0.39, 0.29) is 18.2 Å². The average molecular weight is 499 g/mol.